The Hall–Kier alpha value is -2.02. The predicted octanol–water partition coefficient (Wildman–Crippen LogP) is 2.70. The van der Waals surface area contributed by atoms with Gasteiger partial charge in [-0.1, -0.05) is 12.1 Å². The Morgan fingerprint density at radius 1 is 1.35 bits per heavy atom. The van der Waals surface area contributed by atoms with Crippen LogP contribution in [0.15, 0.2) is 24.3 Å². The summed E-state index contributed by atoms with van der Waals surface area (Å²) in [6.07, 6.45) is 3.64. The van der Waals surface area contributed by atoms with Crippen LogP contribution in [0.3, 0.4) is 0 Å². The van der Waals surface area contributed by atoms with Gasteiger partial charge in [0.25, 0.3) is 0 Å². The molecule has 6 nitrogen and oxygen atoms in total. The van der Waals surface area contributed by atoms with Gasteiger partial charge in [-0.15, -0.1) is 0 Å². The maximum Gasteiger partial charge on any atom is 0.310 e. The minimum Gasteiger partial charge on any atom is -0.466 e. The lowest BCUT2D eigenvalue weighted by Gasteiger charge is -2.31. The van der Waals surface area contributed by atoms with Gasteiger partial charge in [0.1, 0.15) is 12.4 Å². The minimum absolute atomic E-state index is 0.0319. The van der Waals surface area contributed by atoms with Crippen molar-refractivity contribution in [2.24, 2.45) is 5.92 Å². The summed E-state index contributed by atoms with van der Waals surface area (Å²) in [4.78, 5) is 31.4. The van der Waals surface area contributed by atoms with Gasteiger partial charge in [-0.25, -0.2) is 4.98 Å². The van der Waals surface area contributed by atoms with E-state index in [0.717, 1.165) is 35.5 Å². The van der Waals surface area contributed by atoms with Gasteiger partial charge in [0.05, 0.1) is 29.3 Å². The molecule has 26 heavy (non-hydrogen) atoms. The molecule has 1 aliphatic heterocycles. The number of benzene rings is 1. The standard InChI is InChI=1S/C19H25N3O3S/c1-3-25-19(24)14-7-6-10-21(11-14)18(23)12-22-16-9-5-4-8-15(16)20-17(22)13-26-2/h4-5,8-9,14H,3,6-7,10-13H2,1-2H3. The molecule has 2 aromatic rings. The number of fused-ring (bicyclic) bond motifs is 1. The number of nitrogens with zero attached hydrogens (tertiary/aromatic N) is 3. The SMILES string of the molecule is CCOC(=O)C1CCCN(C(=O)Cn2c(CSC)nc3ccccc32)C1. The number of aromatic nitrogens is 2. The summed E-state index contributed by atoms with van der Waals surface area (Å²) < 4.78 is 7.13. The average molecular weight is 375 g/mol. The number of esters is 1. The fraction of sp³-hybridized carbons (Fsp3) is 0.526. The van der Waals surface area contributed by atoms with Gasteiger partial charge in [-0.3, -0.25) is 9.59 Å². The van der Waals surface area contributed by atoms with Gasteiger partial charge < -0.3 is 14.2 Å². The van der Waals surface area contributed by atoms with Crippen LogP contribution in [0.5, 0.6) is 0 Å². The molecular formula is C19H25N3O3S. The fourth-order valence-electron chi connectivity index (χ4n) is 3.43. The van der Waals surface area contributed by atoms with Crippen LogP contribution < -0.4 is 0 Å². The topological polar surface area (TPSA) is 64.4 Å². The second kappa shape index (κ2) is 8.58. The molecule has 140 valence electrons. The summed E-state index contributed by atoms with van der Waals surface area (Å²) >= 11 is 1.69. The third-order valence-corrected chi connectivity index (χ3v) is 5.24. The third-order valence-electron chi connectivity index (χ3n) is 4.69. The first-order valence-corrected chi connectivity index (χ1v) is 10.4. The second-order valence-electron chi connectivity index (χ2n) is 6.47. The first-order valence-electron chi connectivity index (χ1n) is 9.01. The highest BCUT2D eigenvalue weighted by atomic mass is 32.2. The van der Waals surface area contributed by atoms with E-state index < -0.39 is 0 Å². The van der Waals surface area contributed by atoms with Gasteiger partial charge in [0.15, 0.2) is 0 Å². The molecule has 3 rings (SSSR count). The summed E-state index contributed by atoms with van der Waals surface area (Å²) in [6.45, 7) is 3.58. The molecule has 1 aliphatic rings. The largest absolute Gasteiger partial charge is 0.466 e. The maximum absolute atomic E-state index is 12.9. The van der Waals surface area contributed by atoms with Crippen molar-refractivity contribution in [2.75, 3.05) is 26.0 Å². The van der Waals surface area contributed by atoms with Crippen LogP contribution in [0.4, 0.5) is 0 Å². The summed E-state index contributed by atoms with van der Waals surface area (Å²) in [5, 5.41) is 0. The van der Waals surface area contributed by atoms with Crippen molar-refractivity contribution in [3.8, 4) is 0 Å². The Balaban J connectivity index is 1.76. The monoisotopic (exact) mass is 375 g/mol. The molecule has 1 aromatic carbocycles. The number of ether oxygens (including phenoxy) is 1. The van der Waals surface area contributed by atoms with Crippen LogP contribution in [0.1, 0.15) is 25.6 Å². The highest BCUT2D eigenvalue weighted by molar-refractivity contribution is 7.97. The van der Waals surface area contributed by atoms with Crippen molar-refractivity contribution in [2.45, 2.75) is 32.1 Å². The Bertz CT molecular complexity index is 789. The number of hydrogen-bond donors (Lipinski definition) is 0. The zero-order chi connectivity index (χ0) is 18.5. The molecule has 0 radical (unpaired) electrons. The summed E-state index contributed by atoms with van der Waals surface area (Å²) in [6, 6.07) is 7.89. The van der Waals surface area contributed by atoms with Crippen LogP contribution in [-0.4, -0.2) is 52.3 Å². The zero-order valence-electron chi connectivity index (χ0n) is 15.3. The van der Waals surface area contributed by atoms with Crippen molar-refractivity contribution in [1.29, 1.82) is 0 Å². The van der Waals surface area contributed by atoms with Gasteiger partial charge >= 0.3 is 5.97 Å². The van der Waals surface area contributed by atoms with Gasteiger partial charge in [0, 0.05) is 13.1 Å². The van der Waals surface area contributed by atoms with Crippen molar-refractivity contribution in [1.82, 2.24) is 14.5 Å². The van der Waals surface area contributed by atoms with E-state index in [-0.39, 0.29) is 24.3 Å². The lowest BCUT2D eigenvalue weighted by Crippen LogP contribution is -2.44. The first kappa shape index (κ1) is 18.8. The Morgan fingerprint density at radius 2 is 2.15 bits per heavy atom. The highest BCUT2D eigenvalue weighted by Gasteiger charge is 2.29. The molecule has 1 fully saturated rings. The van der Waals surface area contributed by atoms with E-state index in [1.165, 1.54) is 0 Å². The van der Waals surface area contributed by atoms with Crippen molar-refractivity contribution in [3.05, 3.63) is 30.1 Å². The predicted molar refractivity (Wildman–Crippen MR) is 103 cm³/mol. The quantitative estimate of drug-likeness (QED) is 0.727. The smallest absolute Gasteiger partial charge is 0.310 e. The normalized spacial score (nSPS) is 17.5. The lowest BCUT2D eigenvalue weighted by molar-refractivity contribution is -0.151. The molecule has 1 aromatic heterocycles. The molecule has 1 saturated heterocycles. The minimum atomic E-state index is -0.210. The number of carbonyl (C=O) groups excluding carboxylic acids is 2. The number of imidazole rings is 1. The molecular weight excluding hydrogens is 350 g/mol. The molecule has 1 amide bonds. The number of likely N-dealkylation sites (tertiary alicyclic amines) is 1. The fourth-order valence-corrected chi connectivity index (χ4v) is 3.91. The maximum atomic E-state index is 12.9. The lowest BCUT2D eigenvalue weighted by atomic mass is 9.98. The van der Waals surface area contributed by atoms with E-state index in [9.17, 15) is 9.59 Å². The Kier molecular flexibility index (Phi) is 6.19. The van der Waals surface area contributed by atoms with Crippen LogP contribution >= 0.6 is 11.8 Å². The van der Waals surface area contributed by atoms with E-state index in [0.29, 0.717) is 19.7 Å². The number of carbonyl (C=O) groups is 2. The second-order valence-corrected chi connectivity index (χ2v) is 7.33. The van der Waals surface area contributed by atoms with Gasteiger partial charge in [-0.2, -0.15) is 11.8 Å². The van der Waals surface area contributed by atoms with Crippen molar-refractivity contribution < 1.29 is 14.3 Å². The van der Waals surface area contributed by atoms with Crippen LogP contribution in [0, 0.1) is 5.92 Å². The Labute approximate surface area is 157 Å². The molecule has 0 saturated carbocycles. The number of piperidine rings is 1. The van der Waals surface area contributed by atoms with Crippen LogP contribution in [-0.2, 0) is 26.6 Å². The summed E-state index contributed by atoms with van der Waals surface area (Å²) in [5.74, 6) is 1.29. The van der Waals surface area contributed by atoms with Gasteiger partial charge in [-0.05, 0) is 38.2 Å². The average Bonchev–Trinajstić information content (AvgIpc) is 3.00. The van der Waals surface area contributed by atoms with Crippen LogP contribution in [0.25, 0.3) is 11.0 Å². The van der Waals surface area contributed by atoms with Gasteiger partial charge in [0.2, 0.25) is 5.91 Å². The molecule has 0 bridgehead atoms. The summed E-state index contributed by atoms with van der Waals surface area (Å²) in [5.41, 5.74) is 1.89. The number of thioether (sulfide) groups is 1. The van der Waals surface area contributed by atoms with Crippen LogP contribution in [0.2, 0.25) is 0 Å². The molecule has 0 aliphatic carbocycles. The highest BCUT2D eigenvalue weighted by Crippen LogP contribution is 2.21. The first-order chi connectivity index (χ1) is 12.6. The molecule has 7 heteroatoms. The Morgan fingerprint density at radius 3 is 2.92 bits per heavy atom. The molecule has 1 unspecified atom stereocenters. The van der Waals surface area contributed by atoms with Crippen molar-refractivity contribution in [3.63, 3.8) is 0 Å². The number of rotatable bonds is 6. The summed E-state index contributed by atoms with van der Waals surface area (Å²) in [7, 11) is 0. The number of para-hydroxylation sites is 2. The van der Waals surface area contributed by atoms with E-state index >= 15 is 0 Å². The molecule has 2 heterocycles. The molecule has 1 atom stereocenters. The zero-order valence-corrected chi connectivity index (χ0v) is 16.1. The van der Waals surface area contributed by atoms with Crippen molar-refractivity contribution >= 4 is 34.7 Å². The molecule has 0 spiro atoms. The number of amides is 1. The van der Waals surface area contributed by atoms with E-state index in [2.05, 4.69) is 4.98 Å². The number of hydrogen-bond acceptors (Lipinski definition) is 5. The van der Waals surface area contributed by atoms with E-state index in [1.54, 1.807) is 23.6 Å². The molecule has 0 N–H and O–H groups in total. The van der Waals surface area contributed by atoms with E-state index in [1.807, 2.05) is 35.1 Å². The third kappa shape index (κ3) is 4.03. The van der Waals surface area contributed by atoms with E-state index in [4.69, 9.17) is 4.74 Å².